The number of rotatable bonds is 5. The van der Waals surface area contributed by atoms with Crippen molar-refractivity contribution in [2.75, 3.05) is 11.9 Å². The molecule has 0 aliphatic rings. The van der Waals surface area contributed by atoms with Gasteiger partial charge in [0, 0.05) is 10.7 Å². The Labute approximate surface area is 147 Å². The van der Waals surface area contributed by atoms with E-state index in [2.05, 4.69) is 5.32 Å². The smallest absolute Gasteiger partial charge is 0.262 e. The fourth-order valence-corrected chi connectivity index (χ4v) is 2.43. The van der Waals surface area contributed by atoms with Gasteiger partial charge in [0.25, 0.3) is 5.91 Å². The molecular weight excluding hydrogens is 324 g/mol. The number of nitrogens with one attached hydrogen (secondary N) is 1. The number of aryl methyl sites for hydroxylation is 1. The second-order valence-electron chi connectivity index (χ2n) is 5.82. The Morgan fingerprint density at radius 1 is 1.33 bits per heavy atom. The van der Waals surface area contributed by atoms with Crippen molar-refractivity contribution in [3.8, 4) is 11.8 Å². The van der Waals surface area contributed by atoms with Gasteiger partial charge >= 0.3 is 0 Å². The second-order valence-corrected chi connectivity index (χ2v) is 6.23. The summed E-state index contributed by atoms with van der Waals surface area (Å²) in [7, 11) is 0. The molecule has 0 radical (unpaired) electrons. The van der Waals surface area contributed by atoms with Gasteiger partial charge in [-0.15, -0.1) is 0 Å². The van der Waals surface area contributed by atoms with Crippen LogP contribution in [0.15, 0.2) is 36.4 Å². The minimum absolute atomic E-state index is 0.114. The summed E-state index contributed by atoms with van der Waals surface area (Å²) < 4.78 is 5.69. The number of nitrogens with zero attached hydrogens (tertiary/aromatic N) is 1. The molecule has 2 rings (SSSR count). The molecule has 24 heavy (non-hydrogen) atoms. The number of halogens is 1. The minimum atomic E-state index is -0.285. The third-order valence-corrected chi connectivity index (χ3v) is 3.95. The highest BCUT2D eigenvalue weighted by Crippen LogP contribution is 2.32. The van der Waals surface area contributed by atoms with E-state index in [0.29, 0.717) is 22.0 Å². The Bertz CT molecular complexity index is 794. The van der Waals surface area contributed by atoms with E-state index in [1.807, 2.05) is 39.0 Å². The zero-order valence-corrected chi connectivity index (χ0v) is 14.6. The third kappa shape index (κ3) is 4.50. The van der Waals surface area contributed by atoms with Crippen LogP contribution in [-0.4, -0.2) is 12.5 Å². The van der Waals surface area contributed by atoms with E-state index in [0.717, 1.165) is 11.1 Å². The Morgan fingerprint density at radius 3 is 2.75 bits per heavy atom. The molecule has 5 heteroatoms. The number of carbonyl (C=O) groups is 1. The van der Waals surface area contributed by atoms with Crippen LogP contribution in [0.5, 0.6) is 5.75 Å². The molecule has 0 saturated carbocycles. The Morgan fingerprint density at radius 2 is 2.08 bits per heavy atom. The average Bonchev–Trinajstić information content (AvgIpc) is 2.55. The lowest BCUT2D eigenvalue weighted by molar-refractivity contribution is -0.118. The van der Waals surface area contributed by atoms with Crippen molar-refractivity contribution < 1.29 is 9.53 Å². The SMILES string of the molecule is Cc1cc(OCC(=O)Nc2cccc(C#N)c2)c(C(C)C)cc1Cl. The van der Waals surface area contributed by atoms with Crippen LogP contribution in [0, 0.1) is 18.3 Å². The van der Waals surface area contributed by atoms with Gasteiger partial charge in [-0.2, -0.15) is 5.26 Å². The largest absolute Gasteiger partial charge is 0.483 e. The maximum absolute atomic E-state index is 12.1. The quantitative estimate of drug-likeness (QED) is 0.859. The fraction of sp³-hybridized carbons (Fsp3) is 0.263. The maximum atomic E-state index is 12.1. The van der Waals surface area contributed by atoms with Gasteiger partial charge in [0.1, 0.15) is 5.75 Å². The molecule has 2 aromatic carbocycles. The van der Waals surface area contributed by atoms with Crippen molar-refractivity contribution >= 4 is 23.2 Å². The van der Waals surface area contributed by atoms with E-state index in [1.165, 1.54) is 0 Å². The Balaban J connectivity index is 2.06. The molecule has 2 aromatic rings. The van der Waals surface area contributed by atoms with Crippen LogP contribution >= 0.6 is 11.6 Å². The van der Waals surface area contributed by atoms with Crippen molar-refractivity contribution in [1.29, 1.82) is 5.26 Å². The van der Waals surface area contributed by atoms with Crippen LogP contribution < -0.4 is 10.1 Å². The van der Waals surface area contributed by atoms with Crippen LogP contribution in [0.2, 0.25) is 5.02 Å². The molecule has 0 heterocycles. The second kappa shape index (κ2) is 7.85. The first-order valence-corrected chi connectivity index (χ1v) is 8.01. The van der Waals surface area contributed by atoms with Crippen molar-refractivity contribution in [3.63, 3.8) is 0 Å². The molecule has 124 valence electrons. The summed E-state index contributed by atoms with van der Waals surface area (Å²) in [5.74, 6) is 0.605. The lowest BCUT2D eigenvalue weighted by Crippen LogP contribution is -2.20. The topological polar surface area (TPSA) is 62.1 Å². The highest BCUT2D eigenvalue weighted by Gasteiger charge is 2.13. The average molecular weight is 343 g/mol. The molecule has 0 fully saturated rings. The number of benzene rings is 2. The summed E-state index contributed by atoms with van der Waals surface area (Å²) >= 11 is 6.17. The number of anilines is 1. The zero-order valence-electron chi connectivity index (χ0n) is 13.9. The van der Waals surface area contributed by atoms with Crippen LogP contribution in [0.1, 0.15) is 36.5 Å². The molecule has 0 spiro atoms. The van der Waals surface area contributed by atoms with Gasteiger partial charge in [-0.25, -0.2) is 0 Å². The zero-order chi connectivity index (χ0) is 17.7. The van der Waals surface area contributed by atoms with E-state index in [9.17, 15) is 4.79 Å². The van der Waals surface area contributed by atoms with Crippen molar-refractivity contribution in [3.05, 3.63) is 58.1 Å². The predicted molar refractivity (Wildman–Crippen MR) is 95.6 cm³/mol. The van der Waals surface area contributed by atoms with Gasteiger partial charge in [-0.05, 0) is 54.3 Å². The van der Waals surface area contributed by atoms with Gasteiger partial charge in [-0.1, -0.05) is 31.5 Å². The molecule has 0 unspecified atom stereocenters. The summed E-state index contributed by atoms with van der Waals surface area (Å²) in [5, 5.41) is 12.3. The number of amides is 1. The van der Waals surface area contributed by atoms with Gasteiger partial charge in [-0.3, -0.25) is 4.79 Å². The van der Waals surface area contributed by atoms with E-state index in [1.54, 1.807) is 24.3 Å². The van der Waals surface area contributed by atoms with E-state index in [-0.39, 0.29) is 18.4 Å². The van der Waals surface area contributed by atoms with Crippen LogP contribution in [-0.2, 0) is 4.79 Å². The van der Waals surface area contributed by atoms with Crippen LogP contribution in [0.4, 0.5) is 5.69 Å². The highest BCUT2D eigenvalue weighted by atomic mass is 35.5. The Hall–Kier alpha value is -2.51. The van der Waals surface area contributed by atoms with Crippen molar-refractivity contribution in [1.82, 2.24) is 0 Å². The monoisotopic (exact) mass is 342 g/mol. The molecule has 0 aliphatic carbocycles. The molecule has 0 aromatic heterocycles. The Kier molecular flexibility index (Phi) is 5.83. The third-order valence-electron chi connectivity index (χ3n) is 3.55. The number of nitriles is 1. The lowest BCUT2D eigenvalue weighted by atomic mass is 10.0. The fourth-order valence-electron chi connectivity index (χ4n) is 2.25. The maximum Gasteiger partial charge on any atom is 0.262 e. The first kappa shape index (κ1) is 17.8. The summed E-state index contributed by atoms with van der Waals surface area (Å²) in [5.41, 5.74) is 2.92. The highest BCUT2D eigenvalue weighted by molar-refractivity contribution is 6.31. The van der Waals surface area contributed by atoms with Gasteiger partial charge in [0.15, 0.2) is 6.61 Å². The molecular formula is C19H19ClN2O2. The first-order chi connectivity index (χ1) is 11.4. The van der Waals surface area contributed by atoms with Crippen molar-refractivity contribution in [2.24, 2.45) is 0 Å². The van der Waals surface area contributed by atoms with E-state index in [4.69, 9.17) is 21.6 Å². The summed E-state index contributed by atoms with van der Waals surface area (Å²) in [6.45, 7) is 5.87. The number of ether oxygens (including phenoxy) is 1. The van der Waals surface area contributed by atoms with Gasteiger partial charge in [0.2, 0.25) is 0 Å². The first-order valence-electron chi connectivity index (χ1n) is 7.63. The summed E-state index contributed by atoms with van der Waals surface area (Å²) in [6, 6.07) is 12.5. The molecule has 4 nitrogen and oxygen atoms in total. The molecule has 0 bridgehead atoms. The molecule has 1 amide bonds. The number of hydrogen-bond acceptors (Lipinski definition) is 3. The van der Waals surface area contributed by atoms with Crippen LogP contribution in [0.25, 0.3) is 0 Å². The summed E-state index contributed by atoms with van der Waals surface area (Å²) in [6.07, 6.45) is 0. The minimum Gasteiger partial charge on any atom is -0.483 e. The predicted octanol–water partition coefficient (Wildman–Crippen LogP) is 4.66. The summed E-state index contributed by atoms with van der Waals surface area (Å²) in [4.78, 5) is 12.1. The number of carbonyl (C=O) groups excluding carboxylic acids is 1. The lowest BCUT2D eigenvalue weighted by Gasteiger charge is -2.16. The molecule has 0 atom stereocenters. The standard InChI is InChI=1S/C19H19ClN2O2/c1-12(2)16-9-17(20)13(3)7-18(16)24-11-19(23)22-15-6-4-5-14(8-15)10-21/h4-9,12H,11H2,1-3H3,(H,22,23). The van der Waals surface area contributed by atoms with Gasteiger partial charge < -0.3 is 10.1 Å². The molecule has 0 saturated heterocycles. The van der Waals surface area contributed by atoms with E-state index < -0.39 is 0 Å². The van der Waals surface area contributed by atoms with Crippen molar-refractivity contribution in [2.45, 2.75) is 26.7 Å². The van der Waals surface area contributed by atoms with Gasteiger partial charge in [0.05, 0.1) is 11.6 Å². The number of hydrogen-bond donors (Lipinski definition) is 1. The normalized spacial score (nSPS) is 10.3. The molecule has 1 N–H and O–H groups in total. The molecule has 0 aliphatic heterocycles. The van der Waals surface area contributed by atoms with Crippen LogP contribution in [0.3, 0.4) is 0 Å². The van der Waals surface area contributed by atoms with E-state index >= 15 is 0 Å².